The van der Waals surface area contributed by atoms with Gasteiger partial charge in [0.1, 0.15) is 11.1 Å². The number of nitrogens with zero attached hydrogens (tertiary/aromatic N) is 2. The van der Waals surface area contributed by atoms with Crippen LogP contribution in [0, 0.1) is 25.2 Å². The van der Waals surface area contributed by atoms with Crippen molar-refractivity contribution in [2.45, 2.75) is 18.9 Å². The van der Waals surface area contributed by atoms with E-state index in [1.54, 1.807) is 12.1 Å². The minimum absolute atomic E-state index is 0.132. The Labute approximate surface area is 208 Å². The molecule has 0 aliphatic rings. The maximum Gasteiger partial charge on any atom is 0.234 e. The summed E-state index contributed by atoms with van der Waals surface area (Å²) in [5, 5.41) is 14.1. The van der Waals surface area contributed by atoms with E-state index in [2.05, 4.69) is 11.4 Å². The molecule has 0 aliphatic carbocycles. The molecule has 0 spiro atoms. The molecule has 0 atom stereocenters. The highest BCUT2D eigenvalue weighted by Crippen LogP contribution is 2.34. The van der Waals surface area contributed by atoms with Crippen LogP contribution < -0.4 is 5.32 Å². The van der Waals surface area contributed by atoms with Crippen LogP contribution in [0.5, 0.6) is 0 Å². The first kappa shape index (κ1) is 23.6. The fourth-order valence-corrected chi connectivity index (χ4v) is 4.48. The van der Waals surface area contributed by atoms with Crippen LogP contribution >= 0.6 is 23.4 Å². The predicted octanol–water partition coefficient (Wildman–Crippen LogP) is 7.29. The van der Waals surface area contributed by atoms with Crippen LogP contribution in [0.1, 0.15) is 16.7 Å². The predicted molar refractivity (Wildman–Crippen MR) is 140 cm³/mol. The number of halogens is 1. The van der Waals surface area contributed by atoms with Gasteiger partial charge in [-0.3, -0.25) is 4.79 Å². The van der Waals surface area contributed by atoms with E-state index in [0.717, 1.165) is 39.2 Å². The molecule has 0 aliphatic heterocycles. The normalized spacial score (nSPS) is 10.5. The third kappa shape index (κ3) is 5.31. The van der Waals surface area contributed by atoms with E-state index in [9.17, 15) is 10.1 Å². The molecule has 34 heavy (non-hydrogen) atoms. The number of nitriles is 1. The van der Waals surface area contributed by atoms with Gasteiger partial charge in [0.15, 0.2) is 0 Å². The minimum atomic E-state index is -0.150. The Kier molecular flexibility index (Phi) is 7.32. The van der Waals surface area contributed by atoms with Gasteiger partial charge >= 0.3 is 0 Å². The number of hydrogen-bond acceptors (Lipinski definition) is 4. The first-order valence-corrected chi connectivity index (χ1v) is 12.1. The minimum Gasteiger partial charge on any atom is -0.325 e. The number of hydrogen-bond donors (Lipinski definition) is 1. The number of carbonyl (C=O) groups is 1. The van der Waals surface area contributed by atoms with Crippen LogP contribution in [0.25, 0.3) is 22.4 Å². The second-order valence-electron chi connectivity index (χ2n) is 7.80. The SMILES string of the molecule is Cc1cccc(NC(=O)CSc2nc(-c3ccccc3)cc(-c3ccc(Cl)cc3)c2C#N)c1C. The summed E-state index contributed by atoms with van der Waals surface area (Å²) in [6, 6.07) is 27.2. The highest BCUT2D eigenvalue weighted by atomic mass is 35.5. The van der Waals surface area contributed by atoms with Crippen LogP contribution in [0.15, 0.2) is 83.9 Å². The fraction of sp³-hybridized carbons (Fsp3) is 0.107. The van der Waals surface area contributed by atoms with Gasteiger partial charge in [0.25, 0.3) is 0 Å². The average Bonchev–Trinajstić information content (AvgIpc) is 2.86. The molecule has 4 nitrogen and oxygen atoms in total. The molecule has 0 saturated heterocycles. The van der Waals surface area contributed by atoms with Crippen LogP contribution in [0.2, 0.25) is 5.02 Å². The summed E-state index contributed by atoms with van der Waals surface area (Å²) in [4.78, 5) is 17.5. The lowest BCUT2D eigenvalue weighted by Crippen LogP contribution is -2.15. The zero-order chi connectivity index (χ0) is 24.1. The molecule has 0 fully saturated rings. The Morgan fingerprint density at radius 3 is 2.44 bits per heavy atom. The molecule has 4 rings (SSSR count). The third-order valence-corrected chi connectivity index (χ3v) is 6.77. The number of carbonyl (C=O) groups excluding carboxylic acids is 1. The molecule has 0 bridgehead atoms. The Bertz CT molecular complexity index is 1380. The number of aryl methyl sites for hydroxylation is 1. The first-order valence-electron chi connectivity index (χ1n) is 10.7. The van der Waals surface area contributed by atoms with E-state index < -0.39 is 0 Å². The topological polar surface area (TPSA) is 65.8 Å². The van der Waals surface area contributed by atoms with Gasteiger partial charge in [-0.2, -0.15) is 5.26 Å². The van der Waals surface area contributed by atoms with Crippen LogP contribution in [-0.4, -0.2) is 16.6 Å². The largest absolute Gasteiger partial charge is 0.325 e. The standard InChI is InChI=1S/C28H22ClN3OS/c1-18-7-6-10-25(19(18)2)31-27(33)17-34-28-24(16-30)23(20-11-13-22(29)14-12-20)15-26(32-28)21-8-4-3-5-9-21/h3-15H,17H2,1-2H3,(H,31,33). The van der Waals surface area contributed by atoms with E-state index >= 15 is 0 Å². The molecule has 4 aromatic rings. The van der Waals surface area contributed by atoms with Gasteiger partial charge in [-0.25, -0.2) is 4.98 Å². The lowest BCUT2D eigenvalue weighted by Gasteiger charge is -2.13. The molecule has 1 N–H and O–H groups in total. The summed E-state index contributed by atoms with van der Waals surface area (Å²) in [5.41, 5.74) is 6.67. The summed E-state index contributed by atoms with van der Waals surface area (Å²) in [6.45, 7) is 3.99. The molecule has 0 radical (unpaired) electrons. The number of rotatable bonds is 6. The Morgan fingerprint density at radius 2 is 1.74 bits per heavy atom. The fourth-order valence-electron chi connectivity index (χ4n) is 3.55. The van der Waals surface area contributed by atoms with Crippen molar-refractivity contribution in [3.05, 3.63) is 101 Å². The quantitative estimate of drug-likeness (QED) is 0.292. The van der Waals surface area contributed by atoms with Crippen molar-refractivity contribution < 1.29 is 4.79 Å². The summed E-state index contributed by atoms with van der Waals surface area (Å²) < 4.78 is 0. The second-order valence-corrected chi connectivity index (χ2v) is 9.20. The van der Waals surface area contributed by atoms with Crippen LogP contribution in [0.4, 0.5) is 5.69 Å². The number of pyridine rings is 1. The molecular formula is C28H22ClN3OS. The van der Waals surface area contributed by atoms with Gasteiger partial charge in [-0.15, -0.1) is 0 Å². The highest BCUT2D eigenvalue weighted by Gasteiger charge is 2.17. The number of aromatic nitrogens is 1. The average molecular weight is 484 g/mol. The zero-order valence-electron chi connectivity index (χ0n) is 18.8. The van der Waals surface area contributed by atoms with E-state index in [4.69, 9.17) is 16.6 Å². The molecule has 3 aromatic carbocycles. The van der Waals surface area contributed by atoms with Gasteiger partial charge in [0, 0.05) is 21.8 Å². The van der Waals surface area contributed by atoms with Gasteiger partial charge < -0.3 is 5.32 Å². The van der Waals surface area contributed by atoms with E-state index in [1.807, 2.05) is 80.6 Å². The Balaban J connectivity index is 1.68. The number of anilines is 1. The summed E-state index contributed by atoms with van der Waals surface area (Å²) in [6.07, 6.45) is 0. The third-order valence-electron chi connectivity index (χ3n) is 5.54. The molecule has 0 saturated carbocycles. The van der Waals surface area contributed by atoms with Crippen LogP contribution in [0.3, 0.4) is 0 Å². The molecule has 168 valence electrons. The molecule has 6 heteroatoms. The van der Waals surface area contributed by atoms with E-state index in [1.165, 1.54) is 11.8 Å². The summed E-state index contributed by atoms with van der Waals surface area (Å²) >= 11 is 7.34. The number of amides is 1. The van der Waals surface area contributed by atoms with E-state index in [-0.39, 0.29) is 11.7 Å². The monoisotopic (exact) mass is 483 g/mol. The Morgan fingerprint density at radius 1 is 1.00 bits per heavy atom. The lowest BCUT2D eigenvalue weighted by molar-refractivity contribution is -0.113. The number of benzene rings is 3. The summed E-state index contributed by atoms with van der Waals surface area (Å²) in [5.74, 6) is -0.0181. The van der Waals surface area contributed by atoms with Gasteiger partial charge in [0.05, 0.1) is 17.0 Å². The van der Waals surface area contributed by atoms with E-state index in [0.29, 0.717) is 15.6 Å². The molecule has 1 heterocycles. The Hall–Kier alpha value is -3.59. The van der Waals surface area contributed by atoms with Crippen LogP contribution in [-0.2, 0) is 4.79 Å². The van der Waals surface area contributed by atoms with Gasteiger partial charge in [-0.1, -0.05) is 78.0 Å². The van der Waals surface area contributed by atoms with Gasteiger partial charge in [0.2, 0.25) is 5.91 Å². The second kappa shape index (κ2) is 10.6. The smallest absolute Gasteiger partial charge is 0.234 e. The lowest BCUT2D eigenvalue weighted by atomic mass is 9.99. The molecule has 0 unspecified atom stereocenters. The van der Waals surface area contributed by atoms with Crippen molar-refractivity contribution >= 4 is 35.0 Å². The molecule has 1 amide bonds. The number of thioether (sulfide) groups is 1. The van der Waals surface area contributed by atoms with Crippen molar-refractivity contribution in [3.63, 3.8) is 0 Å². The van der Waals surface area contributed by atoms with Gasteiger partial charge in [-0.05, 0) is 54.8 Å². The molecular weight excluding hydrogens is 462 g/mol. The zero-order valence-corrected chi connectivity index (χ0v) is 20.4. The first-order chi connectivity index (χ1) is 16.5. The van der Waals surface area contributed by atoms with Crippen molar-refractivity contribution in [1.82, 2.24) is 4.98 Å². The van der Waals surface area contributed by atoms with Crippen molar-refractivity contribution in [2.75, 3.05) is 11.1 Å². The highest BCUT2D eigenvalue weighted by molar-refractivity contribution is 8.00. The molecule has 1 aromatic heterocycles. The van der Waals surface area contributed by atoms with Crippen molar-refractivity contribution in [2.24, 2.45) is 0 Å². The van der Waals surface area contributed by atoms with Crippen molar-refractivity contribution in [1.29, 1.82) is 5.26 Å². The number of nitrogens with one attached hydrogen (secondary N) is 1. The maximum atomic E-state index is 12.7. The maximum absolute atomic E-state index is 12.7. The van der Waals surface area contributed by atoms with Crippen molar-refractivity contribution in [3.8, 4) is 28.5 Å². The summed E-state index contributed by atoms with van der Waals surface area (Å²) in [7, 11) is 0.